The summed E-state index contributed by atoms with van der Waals surface area (Å²) in [7, 11) is 0. The lowest BCUT2D eigenvalue weighted by atomic mass is 10.2. The predicted molar refractivity (Wildman–Crippen MR) is 83.6 cm³/mol. The van der Waals surface area contributed by atoms with Crippen LogP contribution in [0.2, 0.25) is 0 Å². The molecule has 1 N–H and O–H groups in total. The van der Waals surface area contributed by atoms with E-state index in [1.807, 2.05) is 35.2 Å². The lowest BCUT2D eigenvalue weighted by Gasteiger charge is -2.23. The number of urea groups is 1. The Morgan fingerprint density at radius 1 is 1.05 bits per heavy atom. The van der Waals surface area contributed by atoms with Crippen molar-refractivity contribution >= 4 is 6.03 Å². The average molecular weight is 298 g/mol. The summed E-state index contributed by atoms with van der Waals surface area (Å²) < 4.78 is 13.0. The highest BCUT2D eigenvalue weighted by molar-refractivity contribution is 5.75. The van der Waals surface area contributed by atoms with E-state index in [0.29, 0.717) is 19.1 Å². The van der Waals surface area contributed by atoms with Crippen LogP contribution in [0.1, 0.15) is 24.0 Å². The first kappa shape index (κ1) is 14.6. The zero-order valence-electron chi connectivity index (χ0n) is 12.3. The Morgan fingerprint density at radius 3 is 2.36 bits per heavy atom. The largest absolute Gasteiger partial charge is 0.334 e. The predicted octanol–water partition coefficient (Wildman–Crippen LogP) is 3.70. The topological polar surface area (TPSA) is 32.3 Å². The number of hydrogen-bond donors (Lipinski definition) is 1. The fraction of sp³-hybridized carbons (Fsp3) is 0.278. The van der Waals surface area contributed by atoms with Crippen molar-refractivity contribution in [2.75, 3.05) is 0 Å². The zero-order valence-corrected chi connectivity index (χ0v) is 12.3. The van der Waals surface area contributed by atoms with Crippen molar-refractivity contribution in [2.45, 2.75) is 32.0 Å². The molecule has 3 nitrogen and oxygen atoms in total. The molecule has 114 valence electrons. The molecule has 0 unspecified atom stereocenters. The van der Waals surface area contributed by atoms with Crippen molar-refractivity contribution in [3.8, 4) is 0 Å². The highest BCUT2D eigenvalue weighted by Crippen LogP contribution is 2.28. The van der Waals surface area contributed by atoms with Crippen LogP contribution in [-0.4, -0.2) is 17.0 Å². The fourth-order valence-electron chi connectivity index (χ4n) is 2.41. The molecule has 0 aliphatic heterocycles. The van der Waals surface area contributed by atoms with Crippen LogP contribution in [0.15, 0.2) is 54.6 Å². The van der Waals surface area contributed by atoms with Gasteiger partial charge in [0.2, 0.25) is 0 Å². The van der Waals surface area contributed by atoms with E-state index in [1.165, 1.54) is 12.1 Å². The van der Waals surface area contributed by atoms with Gasteiger partial charge in [-0.2, -0.15) is 0 Å². The summed E-state index contributed by atoms with van der Waals surface area (Å²) in [4.78, 5) is 14.3. The molecule has 2 aromatic rings. The first-order chi connectivity index (χ1) is 10.7. The van der Waals surface area contributed by atoms with Gasteiger partial charge in [0.15, 0.2) is 0 Å². The molecule has 0 aromatic heterocycles. The highest BCUT2D eigenvalue weighted by Gasteiger charge is 2.32. The summed E-state index contributed by atoms with van der Waals surface area (Å²) >= 11 is 0. The Kier molecular flexibility index (Phi) is 4.37. The van der Waals surface area contributed by atoms with E-state index in [9.17, 15) is 9.18 Å². The van der Waals surface area contributed by atoms with Crippen LogP contribution in [0.4, 0.5) is 9.18 Å². The summed E-state index contributed by atoms with van der Waals surface area (Å²) in [6, 6.07) is 16.4. The number of carbonyl (C=O) groups is 1. The first-order valence-corrected chi connectivity index (χ1v) is 7.55. The minimum Gasteiger partial charge on any atom is -0.334 e. The van der Waals surface area contributed by atoms with Gasteiger partial charge in [0.1, 0.15) is 5.82 Å². The summed E-state index contributed by atoms with van der Waals surface area (Å²) in [6.07, 6.45) is 2.08. The van der Waals surface area contributed by atoms with Gasteiger partial charge in [-0.3, -0.25) is 0 Å². The van der Waals surface area contributed by atoms with Crippen molar-refractivity contribution in [3.63, 3.8) is 0 Å². The summed E-state index contributed by atoms with van der Waals surface area (Å²) in [5.74, 6) is -0.254. The molecule has 0 spiro atoms. The van der Waals surface area contributed by atoms with Crippen molar-refractivity contribution in [2.24, 2.45) is 0 Å². The van der Waals surface area contributed by atoms with E-state index in [-0.39, 0.29) is 11.8 Å². The van der Waals surface area contributed by atoms with Crippen molar-refractivity contribution < 1.29 is 9.18 Å². The molecule has 1 aliphatic carbocycles. The van der Waals surface area contributed by atoms with E-state index in [4.69, 9.17) is 0 Å². The second-order valence-electron chi connectivity index (χ2n) is 5.63. The monoisotopic (exact) mass is 298 g/mol. The Balaban J connectivity index is 1.61. The SMILES string of the molecule is O=C(NCc1ccccc1)N(Cc1ccc(F)cc1)C1CC1. The average Bonchev–Trinajstić information content (AvgIpc) is 3.38. The molecule has 0 atom stereocenters. The lowest BCUT2D eigenvalue weighted by molar-refractivity contribution is 0.191. The molecular weight excluding hydrogens is 279 g/mol. The zero-order chi connectivity index (χ0) is 15.4. The van der Waals surface area contributed by atoms with Crippen molar-refractivity contribution in [1.29, 1.82) is 0 Å². The third-order valence-corrected chi connectivity index (χ3v) is 3.80. The van der Waals surface area contributed by atoms with E-state index in [0.717, 1.165) is 24.0 Å². The van der Waals surface area contributed by atoms with Gasteiger partial charge in [-0.25, -0.2) is 9.18 Å². The van der Waals surface area contributed by atoms with Crippen LogP contribution < -0.4 is 5.32 Å². The molecule has 0 heterocycles. The second kappa shape index (κ2) is 6.60. The molecule has 0 radical (unpaired) electrons. The molecule has 1 saturated carbocycles. The third-order valence-electron chi connectivity index (χ3n) is 3.80. The maximum Gasteiger partial charge on any atom is 0.318 e. The van der Waals surface area contributed by atoms with Crippen molar-refractivity contribution in [1.82, 2.24) is 10.2 Å². The molecule has 2 aromatic carbocycles. The van der Waals surface area contributed by atoms with Gasteiger partial charge in [-0.15, -0.1) is 0 Å². The van der Waals surface area contributed by atoms with Gasteiger partial charge < -0.3 is 10.2 Å². The summed E-state index contributed by atoms with van der Waals surface area (Å²) in [5.41, 5.74) is 2.02. The minimum absolute atomic E-state index is 0.0596. The molecule has 0 bridgehead atoms. The van der Waals surface area contributed by atoms with Gasteiger partial charge in [-0.1, -0.05) is 42.5 Å². The lowest BCUT2D eigenvalue weighted by Crippen LogP contribution is -2.40. The Labute approximate surface area is 129 Å². The quantitative estimate of drug-likeness (QED) is 0.897. The maximum atomic E-state index is 13.0. The van der Waals surface area contributed by atoms with Crippen LogP contribution in [0.3, 0.4) is 0 Å². The van der Waals surface area contributed by atoms with Gasteiger partial charge in [-0.05, 0) is 36.1 Å². The fourth-order valence-corrected chi connectivity index (χ4v) is 2.41. The number of amides is 2. The number of halogens is 1. The van der Waals surface area contributed by atoms with E-state index in [2.05, 4.69) is 5.32 Å². The van der Waals surface area contributed by atoms with Crippen LogP contribution in [0.25, 0.3) is 0 Å². The van der Waals surface area contributed by atoms with Crippen LogP contribution in [0, 0.1) is 5.82 Å². The highest BCUT2D eigenvalue weighted by atomic mass is 19.1. The first-order valence-electron chi connectivity index (χ1n) is 7.55. The molecule has 1 fully saturated rings. The Hall–Kier alpha value is -2.36. The second-order valence-corrected chi connectivity index (χ2v) is 5.63. The number of nitrogens with one attached hydrogen (secondary N) is 1. The molecule has 4 heteroatoms. The van der Waals surface area contributed by atoms with Crippen LogP contribution in [0.5, 0.6) is 0 Å². The van der Waals surface area contributed by atoms with Crippen LogP contribution >= 0.6 is 0 Å². The van der Waals surface area contributed by atoms with Gasteiger partial charge in [0, 0.05) is 19.1 Å². The van der Waals surface area contributed by atoms with Gasteiger partial charge in [0.05, 0.1) is 0 Å². The number of benzene rings is 2. The molecule has 1 aliphatic rings. The van der Waals surface area contributed by atoms with Crippen molar-refractivity contribution in [3.05, 3.63) is 71.5 Å². The standard InChI is InChI=1S/C18H19FN2O/c19-16-8-6-15(7-9-16)13-21(17-10-11-17)18(22)20-12-14-4-2-1-3-5-14/h1-9,17H,10-13H2,(H,20,22). The molecule has 2 amide bonds. The smallest absolute Gasteiger partial charge is 0.318 e. The Bertz CT molecular complexity index is 623. The van der Waals surface area contributed by atoms with E-state index >= 15 is 0 Å². The maximum absolute atomic E-state index is 13.0. The Morgan fingerprint density at radius 2 is 1.73 bits per heavy atom. The number of rotatable bonds is 5. The van der Waals surface area contributed by atoms with Gasteiger partial charge >= 0.3 is 6.03 Å². The third kappa shape index (κ3) is 3.85. The van der Waals surface area contributed by atoms with Gasteiger partial charge in [0.25, 0.3) is 0 Å². The van der Waals surface area contributed by atoms with E-state index < -0.39 is 0 Å². The number of hydrogen-bond acceptors (Lipinski definition) is 1. The number of carbonyl (C=O) groups excluding carboxylic acids is 1. The summed E-state index contributed by atoms with van der Waals surface area (Å²) in [6.45, 7) is 1.04. The minimum atomic E-state index is -0.254. The normalized spacial score (nSPS) is 13.7. The van der Waals surface area contributed by atoms with Crippen LogP contribution in [-0.2, 0) is 13.1 Å². The molecular formula is C18H19FN2O. The molecule has 22 heavy (non-hydrogen) atoms. The van der Waals surface area contributed by atoms with E-state index in [1.54, 1.807) is 12.1 Å². The number of nitrogens with zero attached hydrogens (tertiary/aromatic N) is 1. The molecule has 0 saturated heterocycles. The molecule has 3 rings (SSSR count). The summed E-state index contributed by atoms with van der Waals surface area (Å²) in [5, 5.41) is 2.96.